The molecule has 0 saturated carbocycles. The van der Waals surface area contributed by atoms with Crippen LogP contribution in [0.2, 0.25) is 0 Å². The molecule has 0 atom stereocenters. The van der Waals surface area contributed by atoms with Crippen molar-refractivity contribution in [3.05, 3.63) is 29.3 Å². The molecule has 9 heavy (non-hydrogen) atoms. The molecule has 0 aliphatic heterocycles. The van der Waals surface area contributed by atoms with Gasteiger partial charge in [-0.05, 0) is 0 Å². The van der Waals surface area contributed by atoms with Crippen molar-refractivity contribution in [2.45, 2.75) is 13.8 Å². The maximum atomic E-state index is 2.58. The first-order valence-corrected chi connectivity index (χ1v) is 3.67. The molecule has 0 N–H and O–H groups in total. The first-order valence-electron chi connectivity index (χ1n) is 2.97. The second-order valence-electron chi connectivity index (χ2n) is 2.22. The SMILES string of the molecule is Cc1ccc[c]([V])c1C. The zero-order valence-corrected chi connectivity index (χ0v) is 7.08. The van der Waals surface area contributed by atoms with E-state index in [1.54, 1.807) is 0 Å². The van der Waals surface area contributed by atoms with Gasteiger partial charge in [0.2, 0.25) is 0 Å². The molecule has 0 bridgehead atoms. The van der Waals surface area contributed by atoms with E-state index in [9.17, 15) is 0 Å². The minimum atomic E-state index is 1.32. The van der Waals surface area contributed by atoms with E-state index in [0.29, 0.717) is 0 Å². The summed E-state index contributed by atoms with van der Waals surface area (Å²) < 4.78 is 1.32. The third-order valence-corrected chi connectivity index (χ3v) is 2.33. The molecule has 0 aromatic heterocycles. The van der Waals surface area contributed by atoms with Crippen molar-refractivity contribution in [1.82, 2.24) is 0 Å². The Labute approximate surface area is 65.2 Å². The number of hydrogen-bond donors (Lipinski definition) is 0. The molecule has 0 aliphatic rings. The van der Waals surface area contributed by atoms with Gasteiger partial charge in [0.25, 0.3) is 0 Å². The first-order chi connectivity index (χ1) is 4.22. The number of aryl methyl sites for hydroxylation is 1. The Kier molecular flexibility index (Phi) is 1.99. The molecule has 0 nitrogen and oxygen atoms in total. The summed E-state index contributed by atoms with van der Waals surface area (Å²) in [5.41, 5.74) is 2.76. The minimum absolute atomic E-state index is 1.32. The topological polar surface area (TPSA) is 0 Å². The van der Waals surface area contributed by atoms with Crippen molar-refractivity contribution < 1.29 is 17.4 Å². The van der Waals surface area contributed by atoms with Gasteiger partial charge >= 0.3 is 64.9 Å². The molecular weight excluding hydrogens is 147 g/mol. The summed E-state index contributed by atoms with van der Waals surface area (Å²) in [6, 6.07) is 6.32. The Balaban J connectivity index is 3.25. The van der Waals surface area contributed by atoms with Crippen molar-refractivity contribution in [2.24, 2.45) is 0 Å². The standard InChI is InChI=1S/C8H9.V/c1-7-5-3-4-6-8(7)2;/h3-5H,1-2H3;. The van der Waals surface area contributed by atoms with E-state index < -0.39 is 0 Å². The summed E-state index contributed by atoms with van der Waals surface area (Å²) in [5.74, 6) is 0. The average molecular weight is 156 g/mol. The van der Waals surface area contributed by atoms with Gasteiger partial charge in [0.05, 0.1) is 0 Å². The fourth-order valence-electron chi connectivity index (χ4n) is 0.736. The summed E-state index contributed by atoms with van der Waals surface area (Å²) in [6.07, 6.45) is 0. The molecule has 0 radical (unpaired) electrons. The second kappa shape index (κ2) is 2.59. The summed E-state index contributed by atoms with van der Waals surface area (Å²) in [4.78, 5) is 0. The van der Waals surface area contributed by atoms with Crippen LogP contribution in [0.15, 0.2) is 18.2 Å². The molecule has 0 unspecified atom stereocenters. The van der Waals surface area contributed by atoms with Gasteiger partial charge in [-0.25, -0.2) is 0 Å². The zero-order valence-electron chi connectivity index (χ0n) is 5.68. The van der Waals surface area contributed by atoms with Gasteiger partial charge in [-0.2, -0.15) is 0 Å². The van der Waals surface area contributed by atoms with Crippen molar-refractivity contribution in [3.8, 4) is 0 Å². The van der Waals surface area contributed by atoms with Crippen LogP contribution in [0, 0.1) is 13.8 Å². The summed E-state index contributed by atoms with van der Waals surface area (Å²) in [7, 11) is 0. The normalized spacial score (nSPS) is 9.56. The Bertz CT molecular complexity index is 196. The predicted molar refractivity (Wildman–Crippen MR) is 35.5 cm³/mol. The van der Waals surface area contributed by atoms with Crippen LogP contribution in [-0.4, -0.2) is 0 Å². The van der Waals surface area contributed by atoms with Crippen LogP contribution in [0.5, 0.6) is 0 Å². The van der Waals surface area contributed by atoms with Crippen molar-refractivity contribution in [1.29, 1.82) is 0 Å². The molecule has 1 heteroatoms. The third-order valence-electron chi connectivity index (χ3n) is 1.58. The average Bonchev–Trinajstić information content (AvgIpc) is 1.83. The van der Waals surface area contributed by atoms with Crippen molar-refractivity contribution in [3.63, 3.8) is 0 Å². The Morgan fingerprint density at radius 1 is 1.22 bits per heavy atom. The molecule has 1 aromatic carbocycles. The zero-order chi connectivity index (χ0) is 6.85. The van der Waals surface area contributed by atoms with Crippen LogP contribution in [0.3, 0.4) is 0 Å². The number of rotatable bonds is 0. The van der Waals surface area contributed by atoms with E-state index in [1.807, 2.05) is 0 Å². The Morgan fingerprint density at radius 3 is 2.33 bits per heavy atom. The molecule has 46 valence electrons. The summed E-state index contributed by atoms with van der Waals surface area (Å²) >= 11 is 2.58. The van der Waals surface area contributed by atoms with Gasteiger partial charge in [0, 0.05) is 0 Å². The van der Waals surface area contributed by atoms with E-state index >= 15 is 0 Å². The van der Waals surface area contributed by atoms with Gasteiger partial charge in [0.15, 0.2) is 0 Å². The van der Waals surface area contributed by atoms with Crippen LogP contribution >= 0.6 is 0 Å². The number of benzene rings is 1. The van der Waals surface area contributed by atoms with E-state index in [1.165, 1.54) is 15.4 Å². The second-order valence-corrected chi connectivity index (χ2v) is 2.97. The van der Waals surface area contributed by atoms with Crippen LogP contribution in [0.4, 0.5) is 0 Å². The molecule has 0 amide bonds. The van der Waals surface area contributed by atoms with E-state index in [4.69, 9.17) is 0 Å². The van der Waals surface area contributed by atoms with Gasteiger partial charge in [-0.3, -0.25) is 0 Å². The van der Waals surface area contributed by atoms with Gasteiger partial charge in [0.1, 0.15) is 0 Å². The van der Waals surface area contributed by atoms with Gasteiger partial charge < -0.3 is 0 Å². The van der Waals surface area contributed by atoms with Crippen molar-refractivity contribution in [2.75, 3.05) is 0 Å². The van der Waals surface area contributed by atoms with Crippen LogP contribution in [0.1, 0.15) is 11.1 Å². The van der Waals surface area contributed by atoms with Crippen LogP contribution < -0.4 is 4.28 Å². The molecule has 1 rings (SSSR count). The molecule has 0 heterocycles. The van der Waals surface area contributed by atoms with Crippen LogP contribution in [0.25, 0.3) is 0 Å². The fourth-order valence-corrected chi connectivity index (χ4v) is 1.15. The summed E-state index contributed by atoms with van der Waals surface area (Å²) in [6.45, 7) is 4.27. The van der Waals surface area contributed by atoms with Gasteiger partial charge in [-0.1, -0.05) is 0 Å². The van der Waals surface area contributed by atoms with E-state index in [2.05, 4.69) is 49.5 Å². The quantitative estimate of drug-likeness (QED) is 0.533. The van der Waals surface area contributed by atoms with E-state index in [-0.39, 0.29) is 0 Å². The Morgan fingerprint density at radius 2 is 1.89 bits per heavy atom. The van der Waals surface area contributed by atoms with Crippen molar-refractivity contribution >= 4 is 4.28 Å². The maximum absolute atomic E-state index is 2.58. The fraction of sp³-hybridized carbons (Fsp3) is 0.250. The Hall–Kier alpha value is -0.196. The number of hydrogen-bond acceptors (Lipinski definition) is 0. The summed E-state index contributed by atoms with van der Waals surface area (Å²) in [5, 5.41) is 0. The monoisotopic (exact) mass is 156 g/mol. The molecule has 0 saturated heterocycles. The first kappa shape index (κ1) is 6.92. The molecular formula is C8H9V. The predicted octanol–water partition coefficient (Wildman–Crippen LogP) is 1.48. The van der Waals surface area contributed by atoms with Crippen LogP contribution in [-0.2, 0) is 17.4 Å². The molecule has 1 aromatic rings. The van der Waals surface area contributed by atoms with E-state index in [0.717, 1.165) is 0 Å². The molecule has 0 spiro atoms. The third kappa shape index (κ3) is 1.38. The molecule has 0 aliphatic carbocycles. The van der Waals surface area contributed by atoms with Gasteiger partial charge in [-0.15, -0.1) is 0 Å². The molecule has 0 fully saturated rings.